The van der Waals surface area contributed by atoms with Crippen LogP contribution in [0.2, 0.25) is 0 Å². The molecular weight excluding hydrogens is 462 g/mol. The number of sulfonamides is 1. The van der Waals surface area contributed by atoms with Gasteiger partial charge < -0.3 is 10.2 Å². The SMILES string of the molecule is Cc1cc(C)c(NC(=O)CN(C)C(=O)C2CCN(S(=O)(=O)c3c(C)cc(C)cc3C)CC2)c(C)c1. The quantitative estimate of drug-likeness (QED) is 0.650. The lowest BCUT2D eigenvalue weighted by Gasteiger charge is -2.33. The maximum absolute atomic E-state index is 13.3. The lowest BCUT2D eigenvalue weighted by Crippen LogP contribution is -2.45. The van der Waals surface area contributed by atoms with Crippen molar-refractivity contribution in [2.75, 3.05) is 32.0 Å². The molecule has 1 saturated heterocycles. The van der Waals surface area contributed by atoms with Gasteiger partial charge >= 0.3 is 0 Å². The fourth-order valence-electron chi connectivity index (χ4n) is 5.21. The number of aryl methyl sites for hydroxylation is 6. The lowest BCUT2D eigenvalue weighted by molar-refractivity contribution is -0.138. The molecule has 0 spiro atoms. The third kappa shape index (κ3) is 5.93. The molecule has 3 rings (SSSR count). The van der Waals surface area contributed by atoms with Crippen molar-refractivity contribution in [2.24, 2.45) is 5.92 Å². The highest BCUT2D eigenvalue weighted by molar-refractivity contribution is 7.89. The highest BCUT2D eigenvalue weighted by Gasteiger charge is 2.34. The largest absolute Gasteiger partial charge is 0.336 e. The van der Waals surface area contributed by atoms with Crippen LogP contribution in [0.25, 0.3) is 0 Å². The first-order chi connectivity index (χ1) is 16.3. The summed E-state index contributed by atoms with van der Waals surface area (Å²) in [6.45, 7) is 12.0. The molecule has 7 nitrogen and oxygen atoms in total. The van der Waals surface area contributed by atoms with E-state index in [-0.39, 0.29) is 37.4 Å². The minimum Gasteiger partial charge on any atom is -0.336 e. The molecule has 35 heavy (non-hydrogen) atoms. The normalized spacial score (nSPS) is 15.2. The summed E-state index contributed by atoms with van der Waals surface area (Å²) >= 11 is 0. The van der Waals surface area contributed by atoms with E-state index >= 15 is 0 Å². The summed E-state index contributed by atoms with van der Waals surface area (Å²) < 4.78 is 28.1. The van der Waals surface area contributed by atoms with E-state index in [9.17, 15) is 18.0 Å². The van der Waals surface area contributed by atoms with Gasteiger partial charge in [-0.3, -0.25) is 9.59 Å². The lowest BCUT2D eigenvalue weighted by atomic mass is 9.96. The number of hydrogen-bond acceptors (Lipinski definition) is 4. The van der Waals surface area contributed by atoms with Crippen LogP contribution in [-0.2, 0) is 19.6 Å². The molecule has 0 unspecified atom stereocenters. The zero-order valence-corrected chi connectivity index (χ0v) is 22.7. The molecule has 0 atom stereocenters. The Balaban J connectivity index is 1.60. The topological polar surface area (TPSA) is 86.8 Å². The second-order valence-electron chi connectivity index (χ2n) is 9.92. The Morgan fingerprint density at radius 3 is 1.83 bits per heavy atom. The standard InChI is InChI=1S/C27H37N3O4S/c1-17-12-19(3)25(20(4)13-17)28-24(31)16-29(7)27(32)23-8-10-30(11-9-23)35(33,34)26-21(5)14-18(2)15-22(26)6/h12-15,23H,8-11,16H2,1-7H3,(H,28,31). The van der Waals surface area contributed by atoms with Crippen molar-refractivity contribution in [1.82, 2.24) is 9.21 Å². The molecule has 2 aromatic rings. The van der Waals surface area contributed by atoms with Crippen LogP contribution in [0.15, 0.2) is 29.2 Å². The summed E-state index contributed by atoms with van der Waals surface area (Å²) in [6, 6.07) is 7.79. The van der Waals surface area contributed by atoms with Crippen LogP contribution in [0, 0.1) is 47.5 Å². The fraction of sp³-hybridized carbons (Fsp3) is 0.481. The second-order valence-corrected chi connectivity index (χ2v) is 11.8. The first-order valence-corrected chi connectivity index (χ1v) is 13.5. The number of carbonyl (C=O) groups is 2. The van der Waals surface area contributed by atoms with Gasteiger partial charge in [-0.25, -0.2) is 8.42 Å². The van der Waals surface area contributed by atoms with Crippen molar-refractivity contribution in [3.63, 3.8) is 0 Å². The zero-order chi connectivity index (χ0) is 26.1. The van der Waals surface area contributed by atoms with Crippen LogP contribution >= 0.6 is 0 Å². The highest BCUT2D eigenvalue weighted by atomic mass is 32.2. The molecule has 1 aliphatic rings. The maximum Gasteiger partial charge on any atom is 0.243 e. The molecule has 190 valence electrons. The number of hydrogen-bond donors (Lipinski definition) is 1. The number of anilines is 1. The molecule has 8 heteroatoms. The first-order valence-electron chi connectivity index (χ1n) is 12.0. The molecule has 1 aliphatic heterocycles. The highest BCUT2D eigenvalue weighted by Crippen LogP contribution is 2.29. The van der Waals surface area contributed by atoms with Crippen molar-refractivity contribution < 1.29 is 18.0 Å². The maximum atomic E-state index is 13.3. The first kappa shape index (κ1) is 26.9. The number of rotatable bonds is 6. The van der Waals surface area contributed by atoms with Gasteiger partial charge in [0.05, 0.1) is 11.4 Å². The van der Waals surface area contributed by atoms with E-state index in [1.54, 1.807) is 7.05 Å². The van der Waals surface area contributed by atoms with Crippen molar-refractivity contribution in [3.8, 4) is 0 Å². The van der Waals surface area contributed by atoms with Crippen molar-refractivity contribution >= 4 is 27.5 Å². The smallest absolute Gasteiger partial charge is 0.243 e. The van der Waals surface area contributed by atoms with Gasteiger partial charge in [-0.2, -0.15) is 4.31 Å². The Morgan fingerprint density at radius 1 is 0.886 bits per heavy atom. The molecule has 0 aliphatic carbocycles. The molecule has 2 amide bonds. The Kier molecular flexibility index (Phi) is 8.07. The number of carbonyl (C=O) groups excluding carboxylic acids is 2. The van der Waals surface area contributed by atoms with Gasteiger partial charge in [0.2, 0.25) is 21.8 Å². The Labute approximate surface area is 209 Å². The van der Waals surface area contributed by atoms with E-state index in [0.717, 1.165) is 39.1 Å². The average molecular weight is 500 g/mol. The van der Waals surface area contributed by atoms with Crippen LogP contribution in [0.4, 0.5) is 5.69 Å². The minimum atomic E-state index is -3.63. The number of amides is 2. The molecule has 1 N–H and O–H groups in total. The number of nitrogens with one attached hydrogen (secondary N) is 1. The summed E-state index contributed by atoms with van der Waals surface area (Å²) in [5, 5.41) is 2.93. The zero-order valence-electron chi connectivity index (χ0n) is 21.9. The van der Waals surface area contributed by atoms with Gasteiger partial charge in [-0.1, -0.05) is 35.4 Å². The Morgan fingerprint density at radius 2 is 1.34 bits per heavy atom. The number of likely N-dealkylation sites (N-methyl/N-ethyl adjacent to an activating group) is 1. The molecule has 0 aromatic heterocycles. The van der Waals surface area contributed by atoms with E-state index < -0.39 is 10.0 Å². The van der Waals surface area contributed by atoms with Crippen LogP contribution in [0.5, 0.6) is 0 Å². The van der Waals surface area contributed by atoms with Gasteiger partial charge in [0.1, 0.15) is 0 Å². The summed E-state index contributed by atoms with van der Waals surface area (Å²) in [5.74, 6) is -0.680. The van der Waals surface area contributed by atoms with E-state index in [1.807, 2.05) is 65.8 Å². The van der Waals surface area contributed by atoms with E-state index in [1.165, 1.54) is 9.21 Å². The van der Waals surface area contributed by atoms with Crippen LogP contribution in [0.1, 0.15) is 46.2 Å². The molecule has 1 fully saturated rings. The number of piperidine rings is 1. The average Bonchev–Trinajstić information content (AvgIpc) is 2.74. The predicted molar refractivity (Wildman–Crippen MR) is 139 cm³/mol. The van der Waals surface area contributed by atoms with Crippen LogP contribution in [0.3, 0.4) is 0 Å². The monoisotopic (exact) mass is 499 g/mol. The predicted octanol–water partition coefficient (Wildman–Crippen LogP) is 4.03. The molecule has 1 heterocycles. The van der Waals surface area contributed by atoms with Crippen molar-refractivity contribution in [3.05, 3.63) is 57.6 Å². The summed E-state index contributed by atoms with van der Waals surface area (Å²) in [6.07, 6.45) is 0.869. The van der Waals surface area contributed by atoms with E-state index in [2.05, 4.69) is 5.32 Å². The van der Waals surface area contributed by atoms with E-state index in [0.29, 0.717) is 17.7 Å². The summed E-state index contributed by atoms with van der Waals surface area (Å²) in [7, 11) is -2.01. The second kappa shape index (κ2) is 10.5. The van der Waals surface area contributed by atoms with Crippen molar-refractivity contribution in [2.45, 2.75) is 59.3 Å². The van der Waals surface area contributed by atoms with Crippen LogP contribution < -0.4 is 5.32 Å². The summed E-state index contributed by atoms with van der Waals surface area (Å²) in [4.78, 5) is 27.5. The third-order valence-electron chi connectivity index (χ3n) is 6.70. The number of benzene rings is 2. The van der Waals surface area contributed by atoms with Gasteiger partial charge in [-0.05, 0) is 76.6 Å². The molecule has 0 bridgehead atoms. The molecule has 2 aromatic carbocycles. The van der Waals surface area contributed by atoms with Gasteiger partial charge in [0.15, 0.2) is 0 Å². The fourth-order valence-corrected chi connectivity index (χ4v) is 7.09. The number of nitrogens with zero attached hydrogens (tertiary/aromatic N) is 2. The summed E-state index contributed by atoms with van der Waals surface area (Å²) in [5.41, 5.74) is 6.39. The third-order valence-corrected chi connectivity index (χ3v) is 8.91. The molecule has 0 radical (unpaired) electrons. The van der Waals surface area contributed by atoms with Crippen molar-refractivity contribution in [1.29, 1.82) is 0 Å². The Bertz CT molecular complexity index is 1200. The van der Waals surface area contributed by atoms with Crippen LogP contribution in [-0.4, -0.2) is 56.1 Å². The van der Waals surface area contributed by atoms with Gasteiger partial charge in [-0.15, -0.1) is 0 Å². The molecule has 0 saturated carbocycles. The minimum absolute atomic E-state index is 0.0497. The van der Waals surface area contributed by atoms with E-state index in [4.69, 9.17) is 0 Å². The van der Waals surface area contributed by atoms with Gasteiger partial charge in [0, 0.05) is 31.7 Å². The Hall–Kier alpha value is -2.71. The molecular formula is C27H37N3O4S. The van der Waals surface area contributed by atoms with Gasteiger partial charge in [0.25, 0.3) is 0 Å².